The third kappa shape index (κ3) is 2.97. The molecule has 2 fully saturated rings. The van der Waals surface area contributed by atoms with Crippen LogP contribution in [-0.4, -0.2) is 31.8 Å². The van der Waals surface area contributed by atoms with Crippen molar-refractivity contribution in [2.24, 2.45) is 7.05 Å². The lowest BCUT2D eigenvalue weighted by Gasteiger charge is -2.19. The summed E-state index contributed by atoms with van der Waals surface area (Å²) in [6, 6.07) is 0.658. The fourth-order valence-electron chi connectivity index (χ4n) is 3.02. The first-order valence-corrected chi connectivity index (χ1v) is 8.57. The smallest absolute Gasteiger partial charge is 0.146 e. The summed E-state index contributed by atoms with van der Waals surface area (Å²) in [5.41, 5.74) is 0. The molecule has 4 nitrogen and oxygen atoms in total. The van der Waals surface area contributed by atoms with Gasteiger partial charge in [-0.1, -0.05) is 13.3 Å². The zero-order valence-corrected chi connectivity index (χ0v) is 12.7. The van der Waals surface area contributed by atoms with E-state index in [1.807, 2.05) is 0 Å². The van der Waals surface area contributed by atoms with Gasteiger partial charge in [-0.2, -0.15) is 11.8 Å². The maximum atomic E-state index is 4.35. The second kappa shape index (κ2) is 5.83. The van der Waals surface area contributed by atoms with Gasteiger partial charge in [-0.05, 0) is 31.4 Å². The van der Waals surface area contributed by atoms with Crippen LogP contribution in [0.4, 0.5) is 0 Å². The summed E-state index contributed by atoms with van der Waals surface area (Å²) in [5, 5.41) is 13.2. The molecular formula is C14H24N4S. The SMILES string of the molecule is CCS[C@@H]1CCC[C@H]1NCc1nnc(C2CC2)n1C. The van der Waals surface area contributed by atoms with Crippen LogP contribution < -0.4 is 5.32 Å². The molecule has 0 spiro atoms. The minimum absolute atomic E-state index is 0.658. The normalized spacial score (nSPS) is 27.1. The number of nitrogens with zero attached hydrogens (tertiary/aromatic N) is 3. The second-order valence-corrected chi connectivity index (χ2v) is 7.24. The molecule has 2 atom stereocenters. The summed E-state index contributed by atoms with van der Waals surface area (Å²) < 4.78 is 2.20. The molecule has 1 aromatic heterocycles. The van der Waals surface area contributed by atoms with Crippen molar-refractivity contribution < 1.29 is 0 Å². The Hall–Kier alpha value is -0.550. The van der Waals surface area contributed by atoms with Gasteiger partial charge in [0.05, 0.1) is 6.54 Å². The topological polar surface area (TPSA) is 42.7 Å². The highest BCUT2D eigenvalue weighted by molar-refractivity contribution is 7.99. The van der Waals surface area contributed by atoms with Gasteiger partial charge in [0.25, 0.3) is 0 Å². The zero-order chi connectivity index (χ0) is 13.2. The van der Waals surface area contributed by atoms with E-state index in [1.165, 1.54) is 43.7 Å². The highest BCUT2D eigenvalue weighted by Crippen LogP contribution is 2.38. The molecule has 0 aliphatic heterocycles. The van der Waals surface area contributed by atoms with Crippen molar-refractivity contribution in [3.05, 3.63) is 11.6 Å². The first-order chi connectivity index (χ1) is 9.29. The molecule has 19 heavy (non-hydrogen) atoms. The first kappa shape index (κ1) is 13.4. The second-order valence-electron chi connectivity index (χ2n) is 5.72. The summed E-state index contributed by atoms with van der Waals surface area (Å²) in [7, 11) is 2.11. The molecular weight excluding hydrogens is 256 g/mol. The van der Waals surface area contributed by atoms with Gasteiger partial charge in [0, 0.05) is 24.3 Å². The van der Waals surface area contributed by atoms with Gasteiger partial charge >= 0.3 is 0 Å². The Morgan fingerprint density at radius 3 is 2.84 bits per heavy atom. The molecule has 0 amide bonds. The minimum atomic E-state index is 0.658. The van der Waals surface area contributed by atoms with E-state index in [0.717, 1.165) is 17.6 Å². The van der Waals surface area contributed by atoms with Gasteiger partial charge in [0.15, 0.2) is 0 Å². The maximum absolute atomic E-state index is 4.35. The Morgan fingerprint density at radius 1 is 1.26 bits per heavy atom. The highest BCUT2D eigenvalue weighted by atomic mass is 32.2. The molecule has 2 aliphatic rings. The Morgan fingerprint density at radius 2 is 2.11 bits per heavy atom. The zero-order valence-electron chi connectivity index (χ0n) is 11.9. The molecule has 0 radical (unpaired) electrons. The van der Waals surface area contributed by atoms with Gasteiger partial charge in [0.2, 0.25) is 0 Å². The van der Waals surface area contributed by atoms with E-state index in [0.29, 0.717) is 12.0 Å². The fraction of sp³-hybridized carbons (Fsp3) is 0.857. The van der Waals surface area contributed by atoms with Crippen molar-refractivity contribution in [3.63, 3.8) is 0 Å². The molecule has 0 unspecified atom stereocenters. The predicted molar refractivity (Wildman–Crippen MR) is 79.4 cm³/mol. The van der Waals surface area contributed by atoms with E-state index in [2.05, 4.69) is 45.8 Å². The summed E-state index contributed by atoms with van der Waals surface area (Å²) in [6.07, 6.45) is 6.61. The standard InChI is InChI=1S/C14H24N4S/c1-3-19-12-6-4-5-11(12)15-9-13-16-17-14(18(13)2)10-7-8-10/h10-12,15H,3-9H2,1-2H3/t11-,12-/m1/s1. The highest BCUT2D eigenvalue weighted by Gasteiger charge is 2.30. The van der Waals surface area contributed by atoms with Crippen LogP contribution in [0.5, 0.6) is 0 Å². The molecule has 5 heteroatoms. The lowest BCUT2D eigenvalue weighted by atomic mass is 10.2. The summed E-state index contributed by atoms with van der Waals surface area (Å²) in [5.74, 6) is 4.18. The first-order valence-electron chi connectivity index (χ1n) is 7.52. The molecule has 2 saturated carbocycles. The molecule has 1 aromatic rings. The van der Waals surface area contributed by atoms with Gasteiger partial charge < -0.3 is 9.88 Å². The minimum Gasteiger partial charge on any atom is -0.317 e. The summed E-state index contributed by atoms with van der Waals surface area (Å²) in [4.78, 5) is 0. The van der Waals surface area contributed by atoms with Crippen LogP contribution in [0.2, 0.25) is 0 Å². The summed E-state index contributed by atoms with van der Waals surface area (Å²) >= 11 is 2.10. The number of nitrogens with one attached hydrogen (secondary N) is 1. The van der Waals surface area contributed by atoms with Crippen molar-refractivity contribution in [3.8, 4) is 0 Å². The average molecular weight is 280 g/mol. The van der Waals surface area contributed by atoms with Crippen LogP contribution in [0.1, 0.15) is 56.6 Å². The Bertz CT molecular complexity index is 427. The molecule has 0 bridgehead atoms. The van der Waals surface area contributed by atoms with Crippen LogP contribution in [0.25, 0.3) is 0 Å². The molecule has 106 valence electrons. The average Bonchev–Trinajstić information content (AvgIpc) is 3.05. The van der Waals surface area contributed by atoms with Crippen molar-refractivity contribution in [1.29, 1.82) is 0 Å². The monoisotopic (exact) mass is 280 g/mol. The number of hydrogen-bond acceptors (Lipinski definition) is 4. The largest absolute Gasteiger partial charge is 0.317 e. The van der Waals surface area contributed by atoms with Crippen LogP contribution in [-0.2, 0) is 13.6 Å². The molecule has 1 heterocycles. The predicted octanol–water partition coefficient (Wildman–Crippen LogP) is 2.46. The number of thioether (sulfide) groups is 1. The molecule has 0 aromatic carbocycles. The van der Waals surface area contributed by atoms with Crippen LogP contribution in [0, 0.1) is 0 Å². The summed E-state index contributed by atoms with van der Waals surface area (Å²) in [6.45, 7) is 3.12. The lowest BCUT2D eigenvalue weighted by molar-refractivity contribution is 0.512. The Kier molecular flexibility index (Phi) is 4.12. The fourth-order valence-corrected chi connectivity index (χ4v) is 4.25. The third-order valence-corrected chi connectivity index (χ3v) is 5.62. The molecule has 1 N–H and O–H groups in total. The van der Waals surface area contributed by atoms with Gasteiger partial charge in [-0.3, -0.25) is 0 Å². The van der Waals surface area contributed by atoms with Crippen LogP contribution in [0.3, 0.4) is 0 Å². The number of aromatic nitrogens is 3. The van der Waals surface area contributed by atoms with E-state index in [-0.39, 0.29) is 0 Å². The van der Waals surface area contributed by atoms with Crippen molar-refractivity contribution in [2.45, 2.75) is 62.8 Å². The van der Waals surface area contributed by atoms with Crippen LogP contribution >= 0.6 is 11.8 Å². The van der Waals surface area contributed by atoms with E-state index in [4.69, 9.17) is 0 Å². The maximum Gasteiger partial charge on any atom is 0.146 e. The van der Waals surface area contributed by atoms with Crippen LogP contribution in [0.15, 0.2) is 0 Å². The van der Waals surface area contributed by atoms with E-state index < -0.39 is 0 Å². The Labute approximate surface area is 119 Å². The van der Waals surface area contributed by atoms with E-state index in [9.17, 15) is 0 Å². The van der Waals surface area contributed by atoms with Gasteiger partial charge in [-0.15, -0.1) is 10.2 Å². The van der Waals surface area contributed by atoms with E-state index >= 15 is 0 Å². The third-order valence-electron chi connectivity index (χ3n) is 4.30. The number of rotatable bonds is 6. The van der Waals surface area contributed by atoms with Gasteiger partial charge in [-0.25, -0.2) is 0 Å². The molecule has 2 aliphatic carbocycles. The van der Waals surface area contributed by atoms with Gasteiger partial charge in [0.1, 0.15) is 11.6 Å². The van der Waals surface area contributed by atoms with Crippen molar-refractivity contribution >= 4 is 11.8 Å². The molecule has 3 rings (SSSR count). The van der Waals surface area contributed by atoms with Crippen molar-refractivity contribution in [1.82, 2.24) is 20.1 Å². The van der Waals surface area contributed by atoms with E-state index in [1.54, 1.807) is 0 Å². The lowest BCUT2D eigenvalue weighted by Crippen LogP contribution is -2.34. The number of hydrogen-bond donors (Lipinski definition) is 1. The Balaban J connectivity index is 1.56. The van der Waals surface area contributed by atoms with Crippen molar-refractivity contribution in [2.75, 3.05) is 5.75 Å². The quantitative estimate of drug-likeness (QED) is 0.869. The molecule has 0 saturated heterocycles.